The lowest BCUT2D eigenvalue weighted by atomic mass is 10.1. The Hall–Kier alpha value is -0.940. The van der Waals surface area contributed by atoms with Crippen molar-refractivity contribution in [1.29, 1.82) is 0 Å². The van der Waals surface area contributed by atoms with Crippen molar-refractivity contribution < 1.29 is 19.0 Å². The Morgan fingerprint density at radius 3 is 2.57 bits per heavy atom. The number of halogens is 3. The van der Waals surface area contributed by atoms with Gasteiger partial charge in [-0.05, 0) is 5.56 Å². The summed E-state index contributed by atoms with van der Waals surface area (Å²) >= 11 is 5.47. The van der Waals surface area contributed by atoms with Gasteiger partial charge in [-0.15, -0.1) is 11.6 Å². The molecule has 1 aromatic heterocycles. The highest BCUT2D eigenvalue weighted by Gasteiger charge is 2.19. The zero-order valence-electron chi connectivity index (χ0n) is 7.04. The summed E-state index contributed by atoms with van der Waals surface area (Å²) in [6, 6.07) is 0. The molecule has 2 N–H and O–H groups in total. The lowest BCUT2D eigenvalue weighted by Crippen LogP contribution is -2.00. The standard InChI is InChI=1S/C8H8ClF2NO2/c9-1-4-2-12-6(8(10)11)7(14)5(4)3-13/h2,8,13-14H,1,3H2. The number of hydrogen-bond donors (Lipinski definition) is 2. The first-order chi connectivity index (χ1) is 6.61. The van der Waals surface area contributed by atoms with Gasteiger partial charge < -0.3 is 10.2 Å². The van der Waals surface area contributed by atoms with E-state index in [4.69, 9.17) is 16.7 Å². The van der Waals surface area contributed by atoms with Gasteiger partial charge in [-0.25, -0.2) is 8.78 Å². The van der Waals surface area contributed by atoms with E-state index in [0.29, 0.717) is 5.56 Å². The summed E-state index contributed by atoms with van der Waals surface area (Å²) in [5, 5.41) is 18.2. The number of aliphatic hydroxyl groups is 1. The molecule has 0 aliphatic carbocycles. The van der Waals surface area contributed by atoms with Crippen LogP contribution in [0.15, 0.2) is 6.20 Å². The molecule has 78 valence electrons. The zero-order valence-corrected chi connectivity index (χ0v) is 7.80. The van der Waals surface area contributed by atoms with Crippen LogP contribution in [-0.4, -0.2) is 15.2 Å². The highest BCUT2D eigenvalue weighted by atomic mass is 35.5. The first-order valence-corrected chi connectivity index (χ1v) is 4.29. The number of rotatable bonds is 3. The summed E-state index contributed by atoms with van der Waals surface area (Å²) in [6.45, 7) is -0.546. The number of aliphatic hydroxyl groups excluding tert-OH is 1. The number of pyridine rings is 1. The van der Waals surface area contributed by atoms with E-state index in [9.17, 15) is 13.9 Å². The zero-order chi connectivity index (χ0) is 10.7. The van der Waals surface area contributed by atoms with Gasteiger partial charge in [0.05, 0.1) is 6.61 Å². The van der Waals surface area contributed by atoms with E-state index in [1.54, 1.807) is 0 Å². The highest BCUT2D eigenvalue weighted by molar-refractivity contribution is 6.17. The topological polar surface area (TPSA) is 53.4 Å². The summed E-state index contributed by atoms with van der Waals surface area (Å²) in [5.74, 6) is -0.680. The van der Waals surface area contributed by atoms with Crippen LogP contribution in [0, 0.1) is 0 Å². The Balaban J connectivity index is 3.27. The number of aromatic hydroxyl groups is 1. The Kier molecular flexibility index (Phi) is 3.60. The Morgan fingerprint density at radius 1 is 1.50 bits per heavy atom. The van der Waals surface area contributed by atoms with E-state index >= 15 is 0 Å². The molecular formula is C8H8ClF2NO2. The second-order valence-corrected chi connectivity index (χ2v) is 2.86. The summed E-state index contributed by atoms with van der Waals surface area (Å²) in [4.78, 5) is 3.36. The van der Waals surface area contributed by atoms with Crippen molar-refractivity contribution in [1.82, 2.24) is 4.98 Å². The van der Waals surface area contributed by atoms with Crippen LogP contribution in [0.2, 0.25) is 0 Å². The third kappa shape index (κ3) is 1.93. The molecule has 1 rings (SSSR count). The van der Waals surface area contributed by atoms with Crippen molar-refractivity contribution in [3.63, 3.8) is 0 Å². The Morgan fingerprint density at radius 2 is 2.14 bits per heavy atom. The van der Waals surface area contributed by atoms with Gasteiger partial charge in [-0.1, -0.05) is 0 Å². The smallest absolute Gasteiger partial charge is 0.284 e. The second kappa shape index (κ2) is 4.52. The molecule has 0 aromatic carbocycles. The summed E-state index contributed by atoms with van der Waals surface area (Å²) in [6.07, 6.45) is -1.75. The van der Waals surface area contributed by atoms with Gasteiger partial charge in [-0.3, -0.25) is 4.98 Å². The van der Waals surface area contributed by atoms with Crippen LogP contribution in [0.3, 0.4) is 0 Å². The molecule has 6 heteroatoms. The minimum absolute atomic E-state index is 0.0000283. The van der Waals surface area contributed by atoms with Gasteiger partial charge in [0.2, 0.25) is 0 Å². The van der Waals surface area contributed by atoms with Crippen LogP contribution in [-0.2, 0) is 12.5 Å². The summed E-state index contributed by atoms with van der Waals surface area (Å²) in [5.41, 5.74) is -0.385. The van der Waals surface area contributed by atoms with Crippen molar-refractivity contribution in [3.8, 4) is 5.75 Å². The maximum Gasteiger partial charge on any atom is 0.284 e. The van der Waals surface area contributed by atoms with E-state index in [0.717, 1.165) is 6.20 Å². The molecule has 3 nitrogen and oxygen atoms in total. The minimum Gasteiger partial charge on any atom is -0.505 e. The molecule has 0 saturated carbocycles. The molecule has 0 amide bonds. The van der Waals surface area contributed by atoms with E-state index in [-0.39, 0.29) is 11.4 Å². The van der Waals surface area contributed by atoms with Crippen molar-refractivity contribution in [2.45, 2.75) is 18.9 Å². The molecule has 0 spiro atoms. The maximum absolute atomic E-state index is 12.2. The van der Waals surface area contributed by atoms with Crippen molar-refractivity contribution in [2.75, 3.05) is 0 Å². The van der Waals surface area contributed by atoms with Crippen molar-refractivity contribution >= 4 is 11.6 Å². The lowest BCUT2D eigenvalue weighted by molar-refractivity contribution is 0.141. The first kappa shape index (κ1) is 11.1. The van der Waals surface area contributed by atoms with Gasteiger partial charge in [0.1, 0.15) is 11.4 Å². The molecule has 0 fully saturated rings. The third-order valence-corrected chi connectivity index (χ3v) is 2.07. The number of alkyl halides is 3. The van der Waals surface area contributed by atoms with Crippen LogP contribution >= 0.6 is 11.6 Å². The fourth-order valence-electron chi connectivity index (χ4n) is 1.04. The first-order valence-electron chi connectivity index (χ1n) is 3.76. The molecule has 0 aliphatic heterocycles. The number of hydrogen-bond acceptors (Lipinski definition) is 3. The van der Waals surface area contributed by atoms with E-state index in [2.05, 4.69) is 4.98 Å². The van der Waals surface area contributed by atoms with Crippen LogP contribution in [0.4, 0.5) is 8.78 Å². The van der Waals surface area contributed by atoms with Gasteiger partial charge in [0.25, 0.3) is 6.43 Å². The van der Waals surface area contributed by atoms with E-state index in [1.165, 1.54) is 0 Å². The molecule has 1 aromatic rings. The average molecular weight is 224 g/mol. The molecular weight excluding hydrogens is 216 g/mol. The van der Waals surface area contributed by atoms with Crippen molar-refractivity contribution in [3.05, 3.63) is 23.0 Å². The fourth-order valence-corrected chi connectivity index (χ4v) is 1.27. The highest BCUT2D eigenvalue weighted by Crippen LogP contribution is 2.31. The fraction of sp³-hybridized carbons (Fsp3) is 0.375. The molecule has 0 aliphatic rings. The molecule has 0 radical (unpaired) electrons. The molecule has 14 heavy (non-hydrogen) atoms. The average Bonchev–Trinajstić information content (AvgIpc) is 2.16. The van der Waals surface area contributed by atoms with Crippen LogP contribution in [0.5, 0.6) is 5.75 Å². The monoisotopic (exact) mass is 223 g/mol. The summed E-state index contributed by atoms with van der Waals surface area (Å²) in [7, 11) is 0. The SMILES string of the molecule is OCc1c(CCl)cnc(C(F)F)c1O. The van der Waals surface area contributed by atoms with Gasteiger partial charge >= 0.3 is 0 Å². The van der Waals surface area contributed by atoms with E-state index in [1.807, 2.05) is 0 Å². The van der Waals surface area contributed by atoms with Gasteiger partial charge in [0, 0.05) is 17.6 Å². The predicted molar refractivity (Wildman–Crippen MR) is 46.3 cm³/mol. The summed E-state index contributed by atoms with van der Waals surface area (Å²) < 4.78 is 24.5. The van der Waals surface area contributed by atoms with Gasteiger partial charge in [0.15, 0.2) is 0 Å². The number of nitrogens with zero attached hydrogens (tertiary/aromatic N) is 1. The van der Waals surface area contributed by atoms with Crippen LogP contribution in [0.25, 0.3) is 0 Å². The van der Waals surface area contributed by atoms with Gasteiger partial charge in [-0.2, -0.15) is 0 Å². The predicted octanol–water partition coefficient (Wildman–Crippen LogP) is 1.96. The molecule has 0 unspecified atom stereocenters. The normalized spacial score (nSPS) is 10.9. The minimum atomic E-state index is -2.87. The Labute approximate surface area is 84.0 Å². The number of aromatic nitrogens is 1. The second-order valence-electron chi connectivity index (χ2n) is 2.59. The third-order valence-electron chi connectivity index (χ3n) is 1.78. The molecule has 1 heterocycles. The largest absolute Gasteiger partial charge is 0.505 e. The molecule has 0 atom stereocenters. The molecule has 0 saturated heterocycles. The maximum atomic E-state index is 12.2. The quantitative estimate of drug-likeness (QED) is 0.771. The lowest BCUT2D eigenvalue weighted by Gasteiger charge is -2.09. The van der Waals surface area contributed by atoms with Crippen LogP contribution in [0.1, 0.15) is 23.2 Å². The van der Waals surface area contributed by atoms with Crippen LogP contribution < -0.4 is 0 Å². The van der Waals surface area contributed by atoms with Crippen molar-refractivity contribution in [2.24, 2.45) is 0 Å². The van der Waals surface area contributed by atoms with E-state index < -0.39 is 24.5 Å². The Bertz CT molecular complexity index is 333. The molecule has 0 bridgehead atoms.